The van der Waals surface area contributed by atoms with E-state index in [2.05, 4.69) is 27.3 Å². The molecule has 74 valence electrons. The van der Waals surface area contributed by atoms with Gasteiger partial charge >= 0.3 is 0 Å². The summed E-state index contributed by atoms with van der Waals surface area (Å²) in [6, 6.07) is 0. The Hall–Kier alpha value is -0.310. The molecule has 0 saturated carbocycles. The molecule has 0 spiro atoms. The second kappa shape index (κ2) is 6.19. The largest absolute Gasteiger partial charge is 0.355 e. The van der Waals surface area contributed by atoms with Crippen molar-refractivity contribution in [2.75, 3.05) is 11.9 Å². The van der Waals surface area contributed by atoms with E-state index < -0.39 is 0 Å². The molecule has 0 aromatic carbocycles. The fraction of sp³-hybridized carbons (Fsp3) is 0.700. The molecule has 1 N–H and O–H groups in total. The molecule has 1 amide bonds. The minimum absolute atomic E-state index is 0.0800. The highest BCUT2D eigenvalue weighted by atomic mass is 79.9. The van der Waals surface area contributed by atoms with Gasteiger partial charge in [-0.15, -0.1) is 0 Å². The average Bonchev–Trinajstić information content (AvgIpc) is 2.19. The molecule has 0 bridgehead atoms. The summed E-state index contributed by atoms with van der Waals surface area (Å²) in [6.07, 6.45) is 8.45. The number of halogens is 1. The minimum Gasteiger partial charge on any atom is -0.355 e. The van der Waals surface area contributed by atoms with Crippen LogP contribution in [-0.2, 0) is 4.79 Å². The number of alkyl halides is 1. The van der Waals surface area contributed by atoms with Gasteiger partial charge in [-0.1, -0.05) is 27.6 Å². The maximum absolute atomic E-state index is 10.9. The van der Waals surface area contributed by atoms with Crippen LogP contribution in [-0.4, -0.2) is 17.8 Å². The zero-order valence-electron chi connectivity index (χ0n) is 7.81. The SMILES string of the molecule is O=C(CBr)NCCC1=CCCCC1. The average molecular weight is 246 g/mol. The van der Waals surface area contributed by atoms with Crippen LogP contribution in [0.2, 0.25) is 0 Å². The van der Waals surface area contributed by atoms with Crippen LogP contribution >= 0.6 is 15.9 Å². The van der Waals surface area contributed by atoms with E-state index in [-0.39, 0.29) is 5.91 Å². The summed E-state index contributed by atoms with van der Waals surface area (Å²) in [5.74, 6) is 0.0800. The molecule has 0 heterocycles. The quantitative estimate of drug-likeness (QED) is 0.599. The topological polar surface area (TPSA) is 29.1 Å². The number of hydrogen-bond acceptors (Lipinski definition) is 1. The van der Waals surface area contributed by atoms with Gasteiger partial charge in [0.25, 0.3) is 0 Å². The summed E-state index contributed by atoms with van der Waals surface area (Å²) in [5.41, 5.74) is 1.51. The Bertz CT molecular complexity index is 201. The van der Waals surface area contributed by atoms with Gasteiger partial charge in [0.05, 0.1) is 5.33 Å². The van der Waals surface area contributed by atoms with Crippen LogP contribution in [0, 0.1) is 0 Å². The van der Waals surface area contributed by atoms with E-state index in [0.717, 1.165) is 13.0 Å². The standard InChI is InChI=1S/C10H16BrNO/c11-8-10(13)12-7-6-9-4-2-1-3-5-9/h4H,1-3,5-8H2,(H,12,13). The fourth-order valence-corrected chi connectivity index (χ4v) is 1.74. The Kier molecular flexibility index (Phi) is 5.13. The van der Waals surface area contributed by atoms with Crippen LogP contribution in [0.4, 0.5) is 0 Å². The number of amides is 1. The number of rotatable bonds is 4. The molecule has 3 heteroatoms. The van der Waals surface area contributed by atoms with Crippen LogP contribution < -0.4 is 5.32 Å². The van der Waals surface area contributed by atoms with Gasteiger partial charge in [-0.25, -0.2) is 0 Å². The van der Waals surface area contributed by atoms with Crippen molar-refractivity contribution in [3.63, 3.8) is 0 Å². The molecule has 2 nitrogen and oxygen atoms in total. The highest BCUT2D eigenvalue weighted by Gasteiger charge is 2.03. The van der Waals surface area contributed by atoms with Gasteiger partial charge in [0.2, 0.25) is 5.91 Å². The van der Waals surface area contributed by atoms with Crippen molar-refractivity contribution in [3.05, 3.63) is 11.6 Å². The Morgan fingerprint density at radius 3 is 3.00 bits per heavy atom. The predicted octanol–water partition coefficient (Wildman–Crippen LogP) is 2.39. The Morgan fingerprint density at radius 1 is 1.54 bits per heavy atom. The van der Waals surface area contributed by atoms with Crippen molar-refractivity contribution < 1.29 is 4.79 Å². The van der Waals surface area contributed by atoms with Crippen molar-refractivity contribution in [1.82, 2.24) is 5.32 Å². The third kappa shape index (κ3) is 4.46. The van der Waals surface area contributed by atoms with E-state index in [9.17, 15) is 4.79 Å². The molecule has 0 aromatic rings. The van der Waals surface area contributed by atoms with Crippen molar-refractivity contribution in [2.45, 2.75) is 32.1 Å². The predicted molar refractivity (Wildman–Crippen MR) is 58.0 cm³/mol. The molecule has 0 saturated heterocycles. The van der Waals surface area contributed by atoms with Crippen molar-refractivity contribution in [3.8, 4) is 0 Å². The van der Waals surface area contributed by atoms with E-state index in [4.69, 9.17) is 0 Å². The first kappa shape index (κ1) is 10.8. The molecule has 0 unspecified atom stereocenters. The second-order valence-corrected chi connectivity index (χ2v) is 3.90. The van der Waals surface area contributed by atoms with E-state index >= 15 is 0 Å². The van der Waals surface area contributed by atoms with E-state index in [1.807, 2.05) is 0 Å². The molecule has 0 fully saturated rings. The number of carbonyl (C=O) groups is 1. The summed E-state index contributed by atoms with van der Waals surface area (Å²) >= 11 is 3.11. The van der Waals surface area contributed by atoms with Gasteiger partial charge in [-0.05, 0) is 32.1 Å². The Labute approximate surface area is 87.9 Å². The second-order valence-electron chi connectivity index (χ2n) is 3.34. The summed E-state index contributed by atoms with van der Waals surface area (Å²) in [4.78, 5) is 10.9. The lowest BCUT2D eigenvalue weighted by Gasteiger charge is -2.12. The molecular weight excluding hydrogens is 230 g/mol. The van der Waals surface area contributed by atoms with Crippen LogP contribution in [0.1, 0.15) is 32.1 Å². The lowest BCUT2D eigenvalue weighted by atomic mass is 9.97. The molecule has 13 heavy (non-hydrogen) atoms. The van der Waals surface area contributed by atoms with Gasteiger partial charge in [0.15, 0.2) is 0 Å². The van der Waals surface area contributed by atoms with Gasteiger partial charge in [-0.2, -0.15) is 0 Å². The monoisotopic (exact) mass is 245 g/mol. The minimum atomic E-state index is 0.0800. The smallest absolute Gasteiger partial charge is 0.230 e. The van der Waals surface area contributed by atoms with Crippen LogP contribution in [0.25, 0.3) is 0 Å². The van der Waals surface area contributed by atoms with Crippen LogP contribution in [0.15, 0.2) is 11.6 Å². The maximum atomic E-state index is 10.9. The zero-order chi connectivity index (χ0) is 9.52. The molecule has 1 rings (SSSR count). The van der Waals surface area contributed by atoms with E-state index in [1.54, 1.807) is 0 Å². The lowest BCUT2D eigenvalue weighted by Crippen LogP contribution is -2.25. The Morgan fingerprint density at radius 2 is 2.38 bits per heavy atom. The molecule has 1 aliphatic carbocycles. The lowest BCUT2D eigenvalue weighted by molar-refractivity contribution is -0.118. The summed E-state index contributed by atoms with van der Waals surface area (Å²) in [6.45, 7) is 0.788. The molecule has 0 aliphatic heterocycles. The fourth-order valence-electron chi connectivity index (χ4n) is 1.54. The molecule has 0 aromatic heterocycles. The summed E-state index contributed by atoms with van der Waals surface area (Å²) in [5, 5.41) is 3.26. The third-order valence-electron chi connectivity index (χ3n) is 2.27. The molecule has 0 radical (unpaired) electrons. The number of hydrogen-bond donors (Lipinski definition) is 1. The third-order valence-corrected chi connectivity index (χ3v) is 2.78. The van der Waals surface area contributed by atoms with E-state index in [1.165, 1.54) is 31.3 Å². The maximum Gasteiger partial charge on any atom is 0.230 e. The molecule has 1 aliphatic rings. The van der Waals surface area contributed by atoms with Crippen molar-refractivity contribution >= 4 is 21.8 Å². The Balaban J connectivity index is 2.11. The number of carbonyl (C=O) groups excluding carboxylic acids is 1. The van der Waals surface area contributed by atoms with Crippen LogP contribution in [0.5, 0.6) is 0 Å². The molecule has 0 atom stereocenters. The number of nitrogens with one attached hydrogen (secondary N) is 1. The highest BCUT2D eigenvalue weighted by Crippen LogP contribution is 2.19. The number of allylic oxidation sites excluding steroid dienone is 1. The van der Waals surface area contributed by atoms with E-state index in [0.29, 0.717) is 5.33 Å². The normalized spacial score (nSPS) is 16.5. The van der Waals surface area contributed by atoms with Crippen molar-refractivity contribution in [1.29, 1.82) is 0 Å². The first-order chi connectivity index (χ1) is 6.33. The zero-order valence-corrected chi connectivity index (χ0v) is 9.40. The van der Waals surface area contributed by atoms with Crippen molar-refractivity contribution in [2.24, 2.45) is 0 Å². The molecular formula is C10H16BrNO. The highest BCUT2D eigenvalue weighted by molar-refractivity contribution is 9.09. The first-order valence-electron chi connectivity index (χ1n) is 4.83. The first-order valence-corrected chi connectivity index (χ1v) is 5.95. The van der Waals surface area contributed by atoms with Gasteiger partial charge in [-0.3, -0.25) is 4.79 Å². The van der Waals surface area contributed by atoms with Crippen LogP contribution in [0.3, 0.4) is 0 Å². The summed E-state index contributed by atoms with van der Waals surface area (Å²) in [7, 11) is 0. The summed E-state index contributed by atoms with van der Waals surface area (Å²) < 4.78 is 0. The van der Waals surface area contributed by atoms with Gasteiger partial charge in [0.1, 0.15) is 0 Å². The van der Waals surface area contributed by atoms with Gasteiger partial charge < -0.3 is 5.32 Å². The van der Waals surface area contributed by atoms with Gasteiger partial charge in [0, 0.05) is 6.54 Å².